The molecule has 7 nitrogen and oxygen atoms in total. The number of methoxy groups -OCH3 is 3. The Bertz CT molecular complexity index is 621. The quantitative estimate of drug-likeness (QED) is 0.751. The molecule has 1 saturated carbocycles. The summed E-state index contributed by atoms with van der Waals surface area (Å²) in [5.41, 5.74) is 0.535. The Kier molecular flexibility index (Phi) is 6.12. The maximum Gasteiger partial charge on any atom is 0.228 e. The lowest BCUT2D eigenvalue weighted by Crippen LogP contribution is -2.34. The third-order valence-corrected chi connectivity index (χ3v) is 4.40. The molecule has 1 aromatic rings. The Labute approximate surface area is 148 Å². The van der Waals surface area contributed by atoms with Crippen LogP contribution < -0.4 is 24.8 Å². The number of hydrogen-bond donors (Lipinski definition) is 2. The third kappa shape index (κ3) is 4.35. The molecule has 0 radical (unpaired) electrons. The molecule has 2 N–H and O–H groups in total. The van der Waals surface area contributed by atoms with E-state index in [2.05, 4.69) is 10.6 Å². The van der Waals surface area contributed by atoms with E-state index in [1.807, 2.05) is 13.8 Å². The van der Waals surface area contributed by atoms with Gasteiger partial charge < -0.3 is 24.8 Å². The highest BCUT2D eigenvalue weighted by atomic mass is 16.5. The molecular formula is C18H26N2O5. The van der Waals surface area contributed by atoms with Gasteiger partial charge in [-0.2, -0.15) is 0 Å². The zero-order valence-corrected chi connectivity index (χ0v) is 15.3. The van der Waals surface area contributed by atoms with Crippen molar-refractivity contribution in [2.75, 3.05) is 26.6 Å². The molecule has 0 bridgehead atoms. The molecule has 138 valence electrons. The van der Waals surface area contributed by atoms with E-state index in [1.165, 1.54) is 21.3 Å². The molecule has 0 spiro atoms. The largest absolute Gasteiger partial charge is 0.493 e. The van der Waals surface area contributed by atoms with Crippen LogP contribution in [-0.4, -0.2) is 39.2 Å². The lowest BCUT2D eigenvalue weighted by atomic mass is 10.2. The van der Waals surface area contributed by atoms with Crippen molar-refractivity contribution in [3.63, 3.8) is 0 Å². The van der Waals surface area contributed by atoms with Crippen molar-refractivity contribution in [3.8, 4) is 17.2 Å². The van der Waals surface area contributed by atoms with Crippen molar-refractivity contribution >= 4 is 17.5 Å². The van der Waals surface area contributed by atoms with Crippen molar-refractivity contribution in [1.82, 2.24) is 5.32 Å². The molecule has 1 aliphatic carbocycles. The van der Waals surface area contributed by atoms with Crippen LogP contribution in [0.3, 0.4) is 0 Å². The van der Waals surface area contributed by atoms with Crippen LogP contribution in [0.25, 0.3) is 0 Å². The zero-order chi connectivity index (χ0) is 18.6. The SMILES string of the molecule is CCC(C)NC(=O)C1CC1C(=O)Nc1cc(OC)c(OC)c(OC)c1. The van der Waals surface area contributed by atoms with Crippen molar-refractivity contribution < 1.29 is 23.8 Å². The Morgan fingerprint density at radius 1 is 1.08 bits per heavy atom. The fraction of sp³-hybridized carbons (Fsp3) is 0.556. The average molecular weight is 350 g/mol. The molecule has 3 unspecified atom stereocenters. The Morgan fingerprint density at radius 2 is 1.64 bits per heavy atom. The molecule has 25 heavy (non-hydrogen) atoms. The summed E-state index contributed by atoms with van der Waals surface area (Å²) in [6.45, 7) is 3.96. The van der Waals surface area contributed by atoms with Crippen LogP contribution in [0, 0.1) is 11.8 Å². The summed E-state index contributed by atoms with van der Waals surface area (Å²) in [4.78, 5) is 24.5. The van der Waals surface area contributed by atoms with Gasteiger partial charge in [0.25, 0.3) is 0 Å². The van der Waals surface area contributed by atoms with Crippen LogP contribution in [0.4, 0.5) is 5.69 Å². The van der Waals surface area contributed by atoms with Gasteiger partial charge in [0.05, 0.1) is 33.2 Å². The Morgan fingerprint density at radius 3 is 2.12 bits per heavy atom. The fourth-order valence-electron chi connectivity index (χ4n) is 2.61. The Balaban J connectivity index is 2.03. The van der Waals surface area contributed by atoms with Crippen LogP contribution in [-0.2, 0) is 9.59 Å². The summed E-state index contributed by atoms with van der Waals surface area (Å²) >= 11 is 0. The van der Waals surface area contributed by atoms with Crippen molar-refractivity contribution in [2.24, 2.45) is 11.8 Å². The van der Waals surface area contributed by atoms with E-state index in [1.54, 1.807) is 12.1 Å². The van der Waals surface area contributed by atoms with Gasteiger partial charge in [0.1, 0.15) is 0 Å². The number of anilines is 1. The molecule has 0 aromatic heterocycles. The summed E-state index contributed by atoms with van der Waals surface area (Å²) in [5.74, 6) is 0.579. The molecule has 1 aromatic carbocycles. The van der Waals surface area contributed by atoms with Gasteiger partial charge in [-0.05, 0) is 19.8 Å². The minimum absolute atomic E-state index is 0.0561. The Hall–Kier alpha value is -2.44. The molecule has 1 fully saturated rings. The molecular weight excluding hydrogens is 324 g/mol. The first-order valence-corrected chi connectivity index (χ1v) is 8.36. The summed E-state index contributed by atoms with van der Waals surface area (Å²) in [6, 6.07) is 3.44. The molecule has 3 atom stereocenters. The first-order chi connectivity index (χ1) is 11.9. The van der Waals surface area contributed by atoms with Crippen molar-refractivity contribution in [3.05, 3.63) is 12.1 Å². The smallest absolute Gasteiger partial charge is 0.228 e. The van der Waals surface area contributed by atoms with Gasteiger partial charge in [-0.25, -0.2) is 0 Å². The molecule has 2 rings (SSSR count). The molecule has 0 aliphatic heterocycles. The van der Waals surface area contributed by atoms with Gasteiger partial charge in [-0.15, -0.1) is 0 Å². The predicted molar refractivity (Wildman–Crippen MR) is 94.2 cm³/mol. The topological polar surface area (TPSA) is 85.9 Å². The maximum atomic E-state index is 12.4. The number of rotatable bonds is 8. The summed E-state index contributed by atoms with van der Waals surface area (Å²) in [6.07, 6.45) is 1.43. The van der Waals surface area contributed by atoms with Gasteiger partial charge >= 0.3 is 0 Å². The molecule has 7 heteroatoms. The highest BCUT2D eigenvalue weighted by molar-refractivity contribution is 5.99. The van der Waals surface area contributed by atoms with Crippen molar-refractivity contribution in [1.29, 1.82) is 0 Å². The summed E-state index contributed by atoms with van der Waals surface area (Å²) in [5, 5.41) is 5.74. The lowest BCUT2D eigenvalue weighted by molar-refractivity contribution is -0.125. The highest BCUT2D eigenvalue weighted by Crippen LogP contribution is 2.42. The first-order valence-electron chi connectivity index (χ1n) is 8.36. The molecule has 2 amide bonds. The van der Waals surface area contributed by atoms with E-state index in [9.17, 15) is 9.59 Å². The second-order valence-electron chi connectivity index (χ2n) is 6.17. The lowest BCUT2D eigenvalue weighted by Gasteiger charge is -2.15. The normalized spacial score (nSPS) is 19.6. The van der Waals surface area contributed by atoms with E-state index in [0.29, 0.717) is 29.4 Å². The van der Waals surface area contributed by atoms with Gasteiger partial charge in [0.15, 0.2) is 11.5 Å². The second kappa shape index (κ2) is 8.09. The number of amides is 2. The minimum Gasteiger partial charge on any atom is -0.493 e. The number of carbonyl (C=O) groups excluding carboxylic acids is 2. The van der Waals surface area contributed by atoms with E-state index in [0.717, 1.165) is 6.42 Å². The minimum atomic E-state index is -0.303. The van der Waals surface area contributed by atoms with E-state index in [4.69, 9.17) is 14.2 Å². The number of hydrogen-bond acceptors (Lipinski definition) is 5. The monoisotopic (exact) mass is 350 g/mol. The number of ether oxygens (including phenoxy) is 3. The molecule has 0 heterocycles. The predicted octanol–water partition coefficient (Wildman–Crippen LogP) is 2.20. The van der Waals surface area contributed by atoms with Gasteiger partial charge in [0.2, 0.25) is 17.6 Å². The highest BCUT2D eigenvalue weighted by Gasteiger charge is 2.48. The number of benzene rings is 1. The second-order valence-corrected chi connectivity index (χ2v) is 6.17. The summed E-state index contributed by atoms with van der Waals surface area (Å²) < 4.78 is 15.8. The third-order valence-electron chi connectivity index (χ3n) is 4.40. The summed E-state index contributed by atoms with van der Waals surface area (Å²) in [7, 11) is 4.54. The fourth-order valence-corrected chi connectivity index (χ4v) is 2.61. The molecule has 1 aliphatic rings. The van der Waals surface area contributed by atoms with E-state index < -0.39 is 0 Å². The van der Waals surface area contributed by atoms with Gasteiger partial charge in [-0.1, -0.05) is 6.92 Å². The van der Waals surface area contributed by atoms with Gasteiger partial charge in [-0.3, -0.25) is 9.59 Å². The standard InChI is InChI=1S/C18H26N2O5/c1-6-10(2)19-17(21)12-9-13(12)18(22)20-11-7-14(23-3)16(25-5)15(8-11)24-4/h7-8,10,12-13H,6,9H2,1-5H3,(H,19,21)(H,20,22). The van der Waals surface area contributed by atoms with Crippen LogP contribution in [0.1, 0.15) is 26.7 Å². The van der Waals surface area contributed by atoms with E-state index in [-0.39, 0.29) is 29.7 Å². The van der Waals surface area contributed by atoms with Gasteiger partial charge in [0, 0.05) is 23.9 Å². The van der Waals surface area contributed by atoms with Crippen LogP contribution in [0.5, 0.6) is 17.2 Å². The van der Waals surface area contributed by atoms with E-state index >= 15 is 0 Å². The number of carbonyl (C=O) groups is 2. The van der Waals surface area contributed by atoms with Crippen molar-refractivity contribution in [2.45, 2.75) is 32.7 Å². The maximum absolute atomic E-state index is 12.4. The number of nitrogens with one attached hydrogen (secondary N) is 2. The van der Waals surface area contributed by atoms with Crippen LogP contribution in [0.2, 0.25) is 0 Å². The zero-order valence-electron chi connectivity index (χ0n) is 15.3. The first kappa shape index (κ1) is 18.9. The molecule has 0 saturated heterocycles. The van der Waals surface area contributed by atoms with Crippen LogP contribution >= 0.6 is 0 Å². The average Bonchev–Trinajstić information content (AvgIpc) is 3.41. The van der Waals surface area contributed by atoms with Crippen LogP contribution in [0.15, 0.2) is 12.1 Å².